The van der Waals surface area contributed by atoms with Crippen LogP contribution in [0.1, 0.15) is 6.92 Å². The van der Waals surface area contributed by atoms with Gasteiger partial charge in [0.1, 0.15) is 5.82 Å². The molecule has 2 atom stereocenters. The molecule has 0 saturated heterocycles. The molecule has 0 radical (unpaired) electrons. The van der Waals surface area contributed by atoms with Crippen molar-refractivity contribution < 1.29 is 13.3 Å². The van der Waals surface area contributed by atoms with Crippen LogP contribution in [-0.4, -0.2) is 23.2 Å². The van der Waals surface area contributed by atoms with Crippen molar-refractivity contribution in [1.29, 1.82) is 0 Å². The second-order valence-electron chi connectivity index (χ2n) is 3.25. The largest absolute Gasteiger partial charge is 0.398 e. The third-order valence-electron chi connectivity index (χ3n) is 1.96. The fourth-order valence-electron chi connectivity index (χ4n) is 1.22. The Morgan fingerprint density at radius 3 is 2.80 bits per heavy atom. The molecule has 1 rings (SSSR count). The number of halogens is 1. The van der Waals surface area contributed by atoms with E-state index in [9.17, 15) is 8.60 Å². The minimum atomic E-state index is -1.26. The first-order valence-corrected chi connectivity index (χ1v) is 5.72. The summed E-state index contributed by atoms with van der Waals surface area (Å²) in [6.45, 7) is 2.17. The molecule has 1 aromatic rings. The minimum Gasteiger partial charge on any atom is -0.398 e. The van der Waals surface area contributed by atoms with E-state index in [4.69, 9.17) is 10.5 Å². The van der Waals surface area contributed by atoms with Crippen LogP contribution >= 0.6 is 0 Å². The first kappa shape index (κ1) is 12.1. The Balaban J connectivity index is 2.91. The van der Waals surface area contributed by atoms with Crippen molar-refractivity contribution in [3.8, 4) is 0 Å². The molecule has 3 nitrogen and oxygen atoms in total. The molecule has 0 spiro atoms. The van der Waals surface area contributed by atoms with Gasteiger partial charge >= 0.3 is 0 Å². The molecule has 0 aromatic heterocycles. The summed E-state index contributed by atoms with van der Waals surface area (Å²) in [7, 11) is 0.279. The van der Waals surface area contributed by atoms with Crippen LogP contribution < -0.4 is 5.73 Å². The topological polar surface area (TPSA) is 52.3 Å². The van der Waals surface area contributed by atoms with Gasteiger partial charge in [-0.05, 0) is 25.1 Å². The maximum Gasteiger partial charge on any atom is 0.125 e. The normalized spacial score (nSPS) is 14.9. The first-order chi connectivity index (χ1) is 7.06. The van der Waals surface area contributed by atoms with E-state index >= 15 is 0 Å². The van der Waals surface area contributed by atoms with Crippen LogP contribution in [0.2, 0.25) is 0 Å². The van der Waals surface area contributed by atoms with E-state index in [0.717, 1.165) is 0 Å². The second-order valence-corrected chi connectivity index (χ2v) is 5.08. The molecule has 0 amide bonds. The number of nitrogen functional groups attached to an aromatic ring is 1. The van der Waals surface area contributed by atoms with Crippen molar-refractivity contribution >= 4 is 16.5 Å². The predicted octanol–water partition coefficient (Wildman–Crippen LogP) is 1.55. The summed E-state index contributed by atoms with van der Waals surface area (Å²) in [4.78, 5) is 0.459. The molecule has 0 heterocycles. The Bertz CT molecular complexity index is 370. The van der Waals surface area contributed by atoms with Gasteiger partial charge in [0.25, 0.3) is 0 Å². The number of nitrogens with two attached hydrogens (primary N) is 1. The van der Waals surface area contributed by atoms with Gasteiger partial charge in [-0.2, -0.15) is 0 Å². The highest BCUT2D eigenvalue weighted by Crippen LogP contribution is 2.20. The lowest BCUT2D eigenvalue weighted by Gasteiger charge is -2.11. The van der Waals surface area contributed by atoms with Crippen molar-refractivity contribution in [1.82, 2.24) is 0 Å². The minimum absolute atomic E-state index is 0.164. The van der Waals surface area contributed by atoms with Crippen molar-refractivity contribution in [2.24, 2.45) is 0 Å². The summed E-state index contributed by atoms with van der Waals surface area (Å²) in [5.74, 6) is -0.423. The van der Waals surface area contributed by atoms with Crippen molar-refractivity contribution in [2.45, 2.75) is 17.1 Å². The number of benzene rings is 1. The Kier molecular flexibility index (Phi) is 4.23. The van der Waals surface area contributed by atoms with Gasteiger partial charge < -0.3 is 10.5 Å². The summed E-state index contributed by atoms with van der Waals surface area (Å²) < 4.78 is 29.6. The van der Waals surface area contributed by atoms with Gasteiger partial charge in [0.2, 0.25) is 0 Å². The van der Waals surface area contributed by atoms with Gasteiger partial charge in [0.15, 0.2) is 0 Å². The molecule has 1 aromatic carbocycles. The highest BCUT2D eigenvalue weighted by molar-refractivity contribution is 7.85. The zero-order valence-corrected chi connectivity index (χ0v) is 9.51. The van der Waals surface area contributed by atoms with Gasteiger partial charge in [0, 0.05) is 7.11 Å². The fourth-order valence-corrected chi connectivity index (χ4v) is 2.40. The van der Waals surface area contributed by atoms with Gasteiger partial charge in [-0.15, -0.1) is 0 Å². The Morgan fingerprint density at radius 2 is 2.27 bits per heavy atom. The third kappa shape index (κ3) is 3.00. The van der Waals surface area contributed by atoms with Crippen LogP contribution in [0.25, 0.3) is 0 Å². The third-order valence-corrected chi connectivity index (χ3v) is 3.63. The Morgan fingerprint density at radius 1 is 1.60 bits per heavy atom. The summed E-state index contributed by atoms with van der Waals surface area (Å²) in [6, 6.07) is 3.88. The molecule has 0 saturated carbocycles. The average Bonchev–Trinajstić information content (AvgIpc) is 2.17. The molecular weight excluding hydrogens is 217 g/mol. The van der Waals surface area contributed by atoms with Gasteiger partial charge in [-0.1, -0.05) is 0 Å². The summed E-state index contributed by atoms with van der Waals surface area (Å²) in [6.07, 6.45) is 0. The van der Waals surface area contributed by atoms with Crippen LogP contribution in [0.15, 0.2) is 23.1 Å². The molecular formula is C10H14FNO2S. The molecule has 0 aliphatic rings. The monoisotopic (exact) mass is 231 g/mol. The molecule has 15 heavy (non-hydrogen) atoms. The summed E-state index contributed by atoms with van der Waals surface area (Å²) >= 11 is 0. The van der Waals surface area contributed by atoms with E-state index < -0.39 is 16.6 Å². The van der Waals surface area contributed by atoms with Crippen molar-refractivity contribution in [3.63, 3.8) is 0 Å². The predicted molar refractivity (Wildman–Crippen MR) is 58.6 cm³/mol. The van der Waals surface area contributed by atoms with Crippen LogP contribution in [0.5, 0.6) is 0 Å². The smallest absolute Gasteiger partial charge is 0.125 e. The van der Waals surface area contributed by atoms with E-state index in [2.05, 4.69) is 0 Å². The van der Waals surface area contributed by atoms with Crippen LogP contribution in [0, 0.1) is 5.82 Å². The Labute approximate surface area is 90.9 Å². The first-order valence-electron chi connectivity index (χ1n) is 4.50. The quantitative estimate of drug-likeness (QED) is 0.800. The van der Waals surface area contributed by atoms with Crippen molar-refractivity contribution in [3.05, 3.63) is 24.0 Å². The highest BCUT2D eigenvalue weighted by atomic mass is 32.2. The van der Waals surface area contributed by atoms with E-state index in [0.29, 0.717) is 11.5 Å². The van der Waals surface area contributed by atoms with E-state index in [1.165, 1.54) is 18.2 Å². The summed E-state index contributed by atoms with van der Waals surface area (Å²) in [5, 5.41) is -0.164. The lowest BCUT2D eigenvalue weighted by molar-refractivity contribution is 0.202. The molecule has 2 unspecified atom stereocenters. The van der Waals surface area contributed by atoms with Crippen LogP contribution in [0.3, 0.4) is 0 Å². The Hall–Kier alpha value is -0.940. The molecule has 0 aliphatic carbocycles. The highest BCUT2D eigenvalue weighted by Gasteiger charge is 2.15. The van der Waals surface area contributed by atoms with E-state index in [-0.39, 0.29) is 10.9 Å². The molecule has 0 bridgehead atoms. The van der Waals surface area contributed by atoms with Crippen LogP contribution in [-0.2, 0) is 15.5 Å². The van der Waals surface area contributed by atoms with E-state index in [1.807, 2.05) is 0 Å². The number of anilines is 1. The van der Waals surface area contributed by atoms with Crippen molar-refractivity contribution in [2.75, 3.05) is 19.5 Å². The zero-order valence-electron chi connectivity index (χ0n) is 8.70. The maximum atomic E-state index is 12.8. The SMILES string of the molecule is COCC(C)S(=O)c1ccc(F)cc1N. The molecule has 2 N–H and O–H groups in total. The zero-order chi connectivity index (χ0) is 11.4. The number of hydrogen-bond acceptors (Lipinski definition) is 3. The number of rotatable bonds is 4. The number of methoxy groups -OCH3 is 1. The van der Waals surface area contributed by atoms with Gasteiger partial charge in [-0.25, -0.2) is 4.39 Å². The molecule has 5 heteroatoms. The molecule has 0 fully saturated rings. The average molecular weight is 231 g/mol. The fraction of sp³-hybridized carbons (Fsp3) is 0.400. The maximum absolute atomic E-state index is 12.8. The van der Waals surface area contributed by atoms with Gasteiger partial charge in [0.05, 0.1) is 33.2 Å². The standard InChI is InChI=1S/C10H14FNO2S/c1-7(6-14-2)15(13)10-4-3-8(11)5-9(10)12/h3-5,7H,6,12H2,1-2H3. The number of hydrogen-bond donors (Lipinski definition) is 1. The second kappa shape index (κ2) is 5.23. The lowest BCUT2D eigenvalue weighted by Crippen LogP contribution is -2.18. The van der Waals surface area contributed by atoms with E-state index in [1.54, 1.807) is 14.0 Å². The molecule has 0 aliphatic heterocycles. The molecule has 84 valence electrons. The lowest BCUT2D eigenvalue weighted by atomic mass is 10.3. The number of ether oxygens (including phenoxy) is 1. The van der Waals surface area contributed by atoms with Crippen LogP contribution in [0.4, 0.5) is 10.1 Å². The van der Waals surface area contributed by atoms with Gasteiger partial charge in [-0.3, -0.25) is 4.21 Å². The summed E-state index contributed by atoms with van der Waals surface area (Å²) in [5.41, 5.74) is 5.80.